The average Bonchev–Trinajstić information content (AvgIpc) is 2.82. The van der Waals surface area contributed by atoms with Gasteiger partial charge in [0, 0.05) is 15.5 Å². The van der Waals surface area contributed by atoms with Crippen LogP contribution in [-0.4, -0.2) is 5.75 Å². The van der Waals surface area contributed by atoms with Gasteiger partial charge in [-0.15, -0.1) is 11.3 Å². The van der Waals surface area contributed by atoms with Crippen LogP contribution in [0, 0.1) is 6.92 Å². The first-order chi connectivity index (χ1) is 8.74. The summed E-state index contributed by atoms with van der Waals surface area (Å²) < 4.78 is 0. The second kappa shape index (κ2) is 5.08. The van der Waals surface area contributed by atoms with E-state index in [1.54, 1.807) is 4.88 Å². The van der Waals surface area contributed by atoms with Crippen LogP contribution in [-0.2, 0) is 12.2 Å². The molecule has 1 unspecified atom stereocenters. The van der Waals surface area contributed by atoms with Crippen molar-refractivity contribution >= 4 is 23.1 Å². The molecule has 0 saturated carbocycles. The van der Waals surface area contributed by atoms with Gasteiger partial charge in [0.25, 0.3) is 0 Å². The molecule has 0 fully saturated rings. The zero-order chi connectivity index (χ0) is 12.5. The van der Waals surface area contributed by atoms with Crippen LogP contribution in [0.3, 0.4) is 0 Å². The quantitative estimate of drug-likeness (QED) is 0.899. The maximum atomic E-state index is 6.38. The number of hydrogen-bond acceptors (Lipinski definition) is 3. The summed E-state index contributed by atoms with van der Waals surface area (Å²) in [4.78, 5) is 2.86. The predicted molar refractivity (Wildman–Crippen MR) is 81.4 cm³/mol. The van der Waals surface area contributed by atoms with Crippen LogP contribution in [0.25, 0.3) is 0 Å². The Kier molecular flexibility index (Phi) is 3.46. The molecule has 0 aliphatic carbocycles. The highest BCUT2D eigenvalue weighted by atomic mass is 32.2. The molecular formula is C15H17NS2. The number of aryl methyl sites for hydroxylation is 2. The maximum absolute atomic E-state index is 6.38. The maximum Gasteiger partial charge on any atom is 0.0646 e. The summed E-state index contributed by atoms with van der Waals surface area (Å²) in [7, 11) is 0. The molecule has 1 nitrogen and oxygen atoms in total. The van der Waals surface area contributed by atoms with Crippen LogP contribution in [0.4, 0.5) is 0 Å². The summed E-state index contributed by atoms with van der Waals surface area (Å²) in [5.41, 5.74) is 10.4. The van der Waals surface area contributed by atoms with Gasteiger partial charge in [-0.25, -0.2) is 0 Å². The van der Waals surface area contributed by atoms with Crippen molar-refractivity contribution in [1.29, 1.82) is 0 Å². The Balaban J connectivity index is 1.89. The van der Waals surface area contributed by atoms with E-state index >= 15 is 0 Å². The molecule has 2 heterocycles. The second-order valence-electron chi connectivity index (χ2n) is 4.79. The number of hydrogen-bond donors (Lipinski definition) is 1. The number of nitrogens with two attached hydrogens (primary N) is 1. The highest BCUT2D eigenvalue weighted by molar-refractivity contribution is 7.98. The van der Waals surface area contributed by atoms with Gasteiger partial charge in [-0.05, 0) is 36.3 Å². The van der Waals surface area contributed by atoms with Crippen LogP contribution < -0.4 is 5.73 Å². The standard InChI is InChI=1S/C15H17NS2/c1-10-2-4-11(5-3-10)15(16)14-8-12-9-17-7-6-13(12)18-14/h2-5,8,15H,6-7,9,16H2,1H3. The van der Waals surface area contributed by atoms with Gasteiger partial charge >= 0.3 is 0 Å². The third-order valence-corrected chi connectivity index (χ3v) is 5.72. The number of thiophene rings is 1. The van der Waals surface area contributed by atoms with E-state index in [0.717, 1.165) is 5.75 Å². The predicted octanol–water partition coefficient (Wildman–Crippen LogP) is 3.89. The van der Waals surface area contributed by atoms with Crippen molar-refractivity contribution in [3.63, 3.8) is 0 Å². The summed E-state index contributed by atoms with van der Waals surface area (Å²) in [6.45, 7) is 2.11. The highest BCUT2D eigenvalue weighted by Crippen LogP contribution is 2.35. The fourth-order valence-electron chi connectivity index (χ4n) is 2.26. The molecule has 1 aliphatic heterocycles. The topological polar surface area (TPSA) is 26.0 Å². The van der Waals surface area contributed by atoms with Gasteiger partial charge in [0.05, 0.1) is 6.04 Å². The van der Waals surface area contributed by atoms with Crippen LogP contribution >= 0.6 is 23.1 Å². The lowest BCUT2D eigenvalue weighted by molar-refractivity contribution is 0.891. The molecular weight excluding hydrogens is 258 g/mol. The van der Waals surface area contributed by atoms with Crippen molar-refractivity contribution < 1.29 is 0 Å². The fourth-order valence-corrected chi connectivity index (χ4v) is 4.67. The summed E-state index contributed by atoms with van der Waals surface area (Å²) in [5.74, 6) is 2.42. The smallest absolute Gasteiger partial charge is 0.0646 e. The minimum Gasteiger partial charge on any atom is -0.320 e. The Hall–Kier alpha value is -0.770. The minimum atomic E-state index is 0.0335. The van der Waals surface area contributed by atoms with Gasteiger partial charge in [-0.1, -0.05) is 29.8 Å². The lowest BCUT2D eigenvalue weighted by Crippen LogP contribution is -2.09. The number of rotatable bonds is 2. The van der Waals surface area contributed by atoms with Crippen molar-refractivity contribution in [2.45, 2.75) is 25.1 Å². The molecule has 2 N–H and O–H groups in total. The van der Waals surface area contributed by atoms with Gasteiger partial charge < -0.3 is 5.73 Å². The molecule has 1 aliphatic rings. The van der Waals surface area contributed by atoms with Crippen molar-refractivity contribution in [2.24, 2.45) is 5.73 Å². The molecule has 0 bridgehead atoms. The fraction of sp³-hybridized carbons (Fsp3) is 0.333. The Morgan fingerprint density at radius 1 is 1.22 bits per heavy atom. The van der Waals surface area contributed by atoms with Crippen LogP contribution in [0.1, 0.15) is 32.5 Å². The molecule has 1 atom stereocenters. The number of benzene rings is 1. The number of fused-ring (bicyclic) bond motifs is 1. The molecule has 1 aromatic carbocycles. The Morgan fingerprint density at radius 3 is 2.72 bits per heavy atom. The van der Waals surface area contributed by atoms with Gasteiger partial charge in [-0.3, -0.25) is 0 Å². The van der Waals surface area contributed by atoms with E-state index in [1.165, 1.54) is 33.7 Å². The third-order valence-electron chi connectivity index (χ3n) is 3.39. The molecule has 3 heteroatoms. The first-order valence-electron chi connectivity index (χ1n) is 6.25. The van der Waals surface area contributed by atoms with Crippen molar-refractivity contribution in [2.75, 3.05) is 5.75 Å². The van der Waals surface area contributed by atoms with Crippen LogP contribution in [0.5, 0.6) is 0 Å². The van der Waals surface area contributed by atoms with E-state index in [4.69, 9.17) is 5.73 Å². The van der Waals surface area contributed by atoms with Crippen molar-refractivity contribution in [3.05, 3.63) is 56.8 Å². The summed E-state index contributed by atoms with van der Waals surface area (Å²) in [6, 6.07) is 10.9. The number of thioether (sulfide) groups is 1. The summed E-state index contributed by atoms with van der Waals surface area (Å²) >= 11 is 3.93. The summed E-state index contributed by atoms with van der Waals surface area (Å²) in [5, 5.41) is 0. The molecule has 2 aromatic rings. The Bertz CT molecular complexity index is 519. The SMILES string of the molecule is Cc1ccc(C(N)c2cc3c(s2)CCSC3)cc1. The lowest BCUT2D eigenvalue weighted by Gasteiger charge is -2.10. The van der Waals surface area contributed by atoms with E-state index in [9.17, 15) is 0 Å². The molecule has 1 aromatic heterocycles. The molecule has 0 amide bonds. The Labute approximate surface area is 116 Å². The van der Waals surface area contributed by atoms with Gasteiger partial charge in [0.1, 0.15) is 0 Å². The highest BCUT2D eigenvalue weighted by Gasteiger charge is 2.17. The van der Waals surface area contributed by atoms with Crippen LogP contribution in [0.15, 0.2) is 30.3 Å². The average molecular weight is 275 g/mol. The zero-order valence-corrected chi connectivity index (χ0v) is 12.1. The largest absolute Gasteiger partial charge is 0.320 e. The normalized spacial score (nSPS) is 16.3. The van der Waals surface area contributed by atoms with E-state index in [0.29, 0.717) is 0 Å². The lowest BCUT2D eigenvalue weighted by atomic mass is 10.0. The molecule has 0 saturated heterocycles. The third kappa shape index (κ3) is 2.35. The molecule has 94 valence electrons. The Morgan fingerprint density at radius 2 is 2.00 bits per heavy atom. The minimum absolute atomic E-state index is 0.0335. The van der Waals surface area contributed by atoms with Gasteiger partial charge in [-0.2, -0.15) is 11.8 Å². The molecule has 18 heavy (non-hydrogen) atoms. The monoisotopic (exact) mass is 275 g/mol. The molecule has 0 radical (unpaired) electrons. The van der Waals surface area contributed by atoms with Gasteiger partial charge in [0.2, 0.25) is 0 Å². The van der Waals surface area contributed by atoms with Crippen molar-refractivity contribution in [3.8, 4) is 0 Å². The zero-order valence-electron chi connectivity index (χ0n) is 10.5. The van der Waals surface area contributed by atoms with Gasteiger partial charge in [0.15, 0.2) is 0 Å². The second-order valence-corrected chi connectivity index (χ2v) is 7.06. The van der Waals surface area contributed by atoms with Crippen molar-refractivity contribution in [1.82, 2.24) is 0 Å². The van der Waals surface area contributed by atoms with E-state index in [2.05, 4.69) is 37.3 Å². The summed E-state index contributed by atoms with van der Waals surface area (Å²) in [6.07, 6.45) is 1.21. The molecule has 0 spiro atoms. The first-order valence-corrected chi connectivity index (χ1v) is 8.22. The first kappa shape index (κ1) is 12.3. The van der Waals surface area contributed by atoms with E-state index in [-0.39, 0.29) is 6.04 Å². The van der Waals surface area contributed by atoms with E-state index in [1.807, 2.05) is 23.1 Å². The van der Waals surface area contributed by atoms with Crippen LogP contribution in [0.2, 0.25) is 0 Å². The van der Waals surface area contributed by atoms with E-state index < -0.39 is 0 Å². The molecule has 3 rings (SSSR count).